The molecule has 21 heavy (non-hydrogen) atoms. The molecule has 0 saturated carbocycles. The lowest BCUT2D eigenvalue weighted by molar-refractivity contribution is 0.486. The quantitative estimate of drug-likeness (QED) is 0.246. The number of rotatable bonds is 15. The second-order valence-corrected chi connectivity index (χ2v) is 7.39. The smallest absolute Gasteiger partial charge is 0.268 e. The minimum absolute atomic E-state index is 0.259. The highest BCUT2D eigenvalue weighted by molar-refractivity contribution is 7.85. The first-order chi connectivity index (χ1) is 10.1. The molecule has 126 valence electrons. The second kappa shape index (κ2) is 14.6. The van der Waals surface area contributed by atoms with E-state index >= 15 is 0 Å². The van der Waals surface area contributed by atoms with Gasteiger partial charge in [0.2, 0.25) is 0 Å². The van der Waals surface area contributed by atoms with Crippen molar-refractivity contribution in [3.05, 3.63) is 12.2 Å². The second-order valence-electron chi connectivity index (χ2n) is 5.90. The van der Waals surface area contributed by atoms with Crippen LogP contribution in [0.25, 0.3) is 0 Å². The molecule has 0 aliphatic rings. The van der Waals surface area contributed by atoms with E-state index in [9.17, 15) is 8.42 Å². The van der Waals surface area contributed by atoms with Crippen LogP contribution in [0.4, 0.5) is 0 Å². The van der Waals surface area contributed by atoms with Crippen LogP contribution in [0, 0.1) is 0 Å². The summed E-state index contributed by atoms with van der Waals surface area (Å²) in [6.07, 6.45) is 20.3. The van der Waals surface area contributed by atoms with Crippen LogP contribution in [0.1, 0.15) is 90.4 Å². The van der Waals surface area contributed by atoms with E-state index in [1.165, 1.54) is 76.7 Å². The van der Waals surface area contributed by atoms with Gasteiger partial charge in [-0.25, -0.2) is 0 Å². The van der Waals surface area contributed by atoms with Crippen LogP contribution in [0.15, 0.2) is 12.2 Å². The Morgan fingerprint density at radius 3 is 1.57 bits per heavy atom. The van der Waals surface area contributed by atoms with E-state index in [-0.39, 0.29) is 5.75 Å². The van der Waals surface area contributed by atoms with Crippen molar-refractivity contribution >= 4 is 10.1 Å². The standard InChI is InChI=1S/C17H34O3S/c1-2-3-4-5-6-7-8-9-10-11-12-13-14-15-16-17-21(18,19)20/h15-16H,2-14,17H2,1H3,(H,18,19,20)/b16-15-. The molecule has 3 nitrogen and oxygen atoms in total. The summed E-state index contributed by atoms with van der Waals surface area (Å²) < 4.78 is 29.5. The van der Waals surface area contributed by atoms with Gasteiger partial charge in [-0.15, -0.1) is 0 Å². The van der Waals surface area contributed by atoms with Gasteiger partial charge < -0.3 is 0 Å². The first kappa shape index (κ1) is 20.6. The average Bonchev–Trinajstić information content (AvgIpc) is 2.42. The fourth-order valence-electron chi connectivity index (χ4n) is 2.41. The molecule has 0 rings (SSSR count). The molecule has 0 radical (unpaired) electrons. The van der Waals surface area contributed by atoms with Crippen LogP contribution < -0.4 is 0 Å². The van der Waals surface area contributed by atoms with Crippen LogP contribution in [0.3, 0.4) is 0 Å². The van der Waals surface area contributed by atoms with E-state index in [0.29, 0.717) is 0 Å². The summed E-state index contributed by atoms with van der Waals surface area (Å²) in [5, 5.41) is 0. The Kier molecular flexibility index (Phi) is 14.3. The molecule has 1 N–H and O–H groups in total. The van der Waals surface area contributed by atoms with Gasteiger partial charge in [0, 0.05) is 0 Å². The number of hydrogen-bond donors (Lipinski definition) is 1. The SMILES string of the molecule is CCCCCCCCCCCCCC/C=C\CS(=O)(=O)O. The summed E-state index contributed by atoms with van der Waals surface area (Å²) in [5.41, 5.74) is 0. The number of allylic oxidation sites excluding steroid dienone is 1. The lowest BCUT2D eigenvalue weighted by Crippen LogP contribution is -1.99. The summed E-state index contributed by atoms with van der Waals surface area (Å²) >= 11 is 0. The van der Waals surface area contributed by atoms with E-state index in [0.717, 1.165) is 12.8 Å². The van der Waals surface area contributed by atoms with Crippen LogP contribution in [-0.2, 0) is 10.1 Å². The van der Waals surface area contributed by atoms with E-state index in [4.69, 9.17) is 4.55 Å². The van der Waals surface area contributed by atoms with Gasteiger partial charge in [-0.2, -0.15) is 8.42 Å². The molecular formula is C17H34O3S. The summed E-state index contributed by atoms with van der Waals surface area (Å²) in [4.78, 5) is 0. The van der Waals surface area contributed by atoms with Crippen molar-refractivity contribution in [2.24, 2.45) is 0 Å². The van der Waals surface area contributed by atoms with E-state index < -0.39 is 10.1 Å². The molecule has 0 aromatic heterocycles. The van der Waals surface area contributed by atoms with Gasteiger partial charge in [-0.1, -0.05) is 89.7 Å². The Morgan fingerprint density at radius 2 is 1.14 bits per heavy atom. The summed E-state index contributed by atoms with van der Waals surface area (Å²) in [5.74, 6) is -0.259. The van der Waals surface area contributed by atoms with Crippen LogP contribution in [0.5, 0.6) is 0 Å². The fourth-order valence-corrected chi connectivity index (χ4v) is 2.79. The molecule has 0 aliphatic carbocycles. The third kappa shape index (κ3) is 19.6. The minimum Gasteiger partial charge on any atom is -0.285 e. The largest absolute Gasteiger partial charge is 0.285 e. The first-order valence-corrected chi connectivity index (χ1v) is 10.3. The van der Waals surface area contributed by atoms with Crippen molar-refractivity contribution in [1.29, 1.82) is 0 Å². The molecule has 0 atom stereocenters. The van der Waals surface area contributed by atoms with Crippen molar-refractivity contribution in [3.8, 4) is 0 Å². The molecule has 0 aliphatic heterocycles. The molecule has 0 spiro atoms. The lowest BCUT2D eigenvalue weighted by Gasteiger charge is -2.02. The van der Waals surface area contributed by atoms with Gasteiger partial charge in [-0.05, 0) is 12.8 Å². The van der Waals surface area contributed by atoms with E-state index in [1.807, 2.05) is 6.08 Å². The first-order valence-electron chi connectivity index (χ1n) is 8.66. The predicted molar refractivity (Wildman–Crippen MR) is 91.3 cm³/mol. The topological polar surface area (TPSA) is 54.4 Å². The zero-order valence-corrected chi connectivity index (χ0v) is 14.5. The Labute approximate surface area is 132 Å². The Hall–Kier alpha value is -0.350. The van der Waals surface area contributed by atoms with Crippen LogP contribution in [-0.4, -0.2) is 18.7 Å². The van der Waals surface area contributed by atoms with Crippen molar-refractivity contribution in [2.45, 2.75) is 90.4 Å². The zero-order chi connectivity index (χ0) is 15.8. The summed E-state index contributed by atoms with van der Waals surface area (Å²) in [7, 11) is -3.83. The zero-order valence-electron chi connectivity index (χ0n) is 13.7. The highest BCUT2D eigenvalue weighted by atomic mass is 32.2. The third-order valence-corrected chi connectivity index (χ3v) is 4.31. The third-order valence-electron chi connectivity index (χ3n) is 3.70. The predicted octanol–water partition coefficient (Wildman–Crippen LogP) is 5.52. The molecule has 0 aromatic carbocycles. The van der Waals surface area contributed by atoms with E-state index in [1.54, 1.807) is 0 Å². The normalized spacial score (nSPS) is 12.3. The van der Waals surface area contributed by atoms with Crippen molar-refractivity contribution in [1.82, 2.24) is 0 Å². The van der Waals surface area contributed by atoms with Gasteiger partial charge in [0.15, 0.2) is 0 Å². The van der Waals surface area contributed by atoms with Gasteiger partial charge in [0.1, 0.15) is 0 Å². The van der Waals surface area contributed by atoms with Gasteiger partial charge in [0.25, 0.3) is 10.1 Å². The monoisotopic (exact) mass is 318 g/mol. The number of hydrogen-bond acceptors (Lipinski definition) is 2. The highest BCUT2D eigenvalue weighted by Gasteiger charge is 1.98. The molecule has 0 fully saturated rings. The Balaban J connectivity index is 3.12. The van der Waals surface area contributed by atoms with Gasteiger partial charge in [0.05, 0.1) is 5.75 Å². The van der Waals surface area contributed by atoms with Crippen molar-refractivity contribution in [3.63, 3.8) is 0 Å². The average molecular weight is 319 g/mol. The molecule has 0 heterocycles. The van der Waals surface area contributed by atoms with Crippen molar-refractivity contribution in [2.75, 3.05) is 5.75 Å². The minimum atomic E-state index is -3.83. The fraction of sp³-hybridized carbons (Fsp3) is 0.882. The summed E-state index contributed by atoms with van der Waals surface area (Å²) in [6, 6.07) is 0. The lowest BCUT2D eigenvalue weighted by atomic mass is 10.0. The molecule has 0 saturated heterocycles. The maximum Gasteiger partial charge on any atom is 0.268 e. The summed E-state index contributed by atoms with van der Waals surface area (Å²) in [6.45, 7) is 2.25. The van der Waals surface area contributed by atoms with Gasteiger partial charge >= 0.3 is 0 Å². The Bertz CT molecular complexity index is 334. The molecule has 0 aromatic rings. The van der Waals surface area contributed by atoms with Gasteiger partial charge in [-0.3, -0.25) is 4.55 Å². The maximum atomic E-state index is 10.5. The Morgan fingerprint density at radius 1 is 0.714 bits per heavy atom. The maximum absolute atomic E-state index is 10.5. The highest BCUT2D eigenvalue weighted by Crippen LogP contribution is 2.12. The van der Waals surface area contributed by atoms with Crippen LogP contribution in [0.2, 0.25) is 0 Å². The van der Waals surface area contributed by atoms with E-state index in [2.05, 4.69) is 6.92 Å². The molecule has 0 amide bonds. The number of unbranched alkanes of at least 4 members (excludes halogenated alkanes) is 12. The van der Waals surface area contributed by atoms with Crippen LogP contribution >= 0.6 is 0 Å². The molecular weight excluding hydrogens is 284 g/mol. The molecule has 0 bridgehead atoms. The molecule has 0 unspecified atom stereocenters. The molecule has 4 heteroatoms. The van der Waals surface area contributed by atoms with Crippen molar-refractivity contribution < 1.29 is 13.0 Å².